The van der Waals surface area contributed by atoms with Gasteiger partial charge in [-0.3, -0.25) is 0 Å². The Labute approximate surface area is 120 Å². The average molecular weight is 295 g/mol. The number of thiophene rings is 2. The van der Waals surface area contributed by atoms with E-state index in [9.17, 15) is 9.90 Å². The highest BCUT2D eigenvalue weighted by Crippen LogP contribution is 2.45. The first kappa shape index (κ1) is 14.1. The molecule has 0 spiro atoms. The van der Waals surface area contributed by atoms with Gasteiger partial charge in [-0.1, -0.05) is 13.8 Å². The Morgan fingerprint density at radius 2 is 1.95 bits per heavy atom. The monoisotopic (exact) mass is 295 g/mol. The lowest BCUT2D eigenvalue weighted by Gasteiger charge is -2.07. The van der Waals surface area contributed by atoms with Gasteiger partial charge in [0.25, 0.3) is 0 Å². The quantitative estimate of drug-likeness (QED) is 0.876. The van der Waals surface area contributed by atoms with Gasteiger partial charge in [-0.2, -0.15) is 0 Å². The third-order valence-electron chi connectivity index (χ3n) is 3.14. The van der Waals surface area contributed by atoms with E-state index >= 15 is 0 Å². The van der Waals surface area contributed by atoms with Crippen LogP contribution in [0.5, 0.6) is 0 Å². The summed E-state index contributed by atoms with van der Waals surface area (Å²) in [6, 6.07) is 2.11. The molecule has 0 aliphatic carbocycles. The molecule has 2 rings (SSSR count). The summed E-state index contributed by atoms with van der Waals surface area (Å²) >= 11 is 2.98. The van der Waals surface area contributed by atoms with Crippen molar-refractivity contribution in [2.75, 3.05) is 5.73 Å². The van der Waals surface area contributed by atoms with Gasteiger partial charge in [0.15, 0.2) is 0 Å². The maximum absolute atomic E-state index is 11.2. The molecule has 0 saturated carbocycles. The van der Waals surface area contributed by atoms with Crippen LogP contribution in [0.1, 0.15) is 45.4 Å². The molecule has 0 saturated heterocycles. The maximum atomic E-state index is 11.2. The summed E-state index contributed by atoms with van der Waals surface area (Å²) in [6.07, 6.45) is 0. The molecule has 2 aromatic rings. The van der Waals surface area contributed by atoms with Crippen molar-refractivity contribution in [3.8, 4) is 9.75 Å². The van der Waals surface area contributed by atoms with E-state index in [1.165, 1.54) is 21.8 Å². The molecule has 0 fully saturated rings. The smallest absolute Gasteiger partial charge is 0.348 e. The first-order valence-electron chi connectivity index (χ1n) is 6.05. The fraction of sp³-hybridized carbons (Fsp3) is 0.357. The lowest BCUT2D eigenvalue weighted by atomic mass is 10.0. The van der Waals surface area contributed by atoms with Crippen LogP contribution in [0.15, 0.2) is 6.07 Å². The molecule has 5 heteroatoms. The Bertz CT molecular complexity index is 619. The molecule has 0 aliphatic rings. The summed E-state index contributed by atoms with van der Waals surface area (Å²) in [5.41, 5.74) is 8.64. The van der Waals surface area contributed by atoms with Gasteiger partial charge >= 0.3 is 5.97 Å². The molecule has 0 amide bonds. The van der Waals surface area contributed by atoms with Crippen molar-refractivity contribution in [3.05, 3.63) is 26.9 Å². The zero-order valence-corrected chi connectivity index (χ0v) is 13.0. The van der Waals surface area contributed by atoms with E-state index in [1.54, 1.807) is 11.3 Å². The van der Waals surface area contributed by atoms with Crippen molar-refractivity contribution in [1.82, 2.24) is 0 Å². The Morgan fingerprint density at radius 1 is 1.32 bits per heavy atom. The van der Waals surface area contributed by atoms with Gasteiger partial charge in [0, 0.05) is 9.75 Å². The lowest BCUT2D eigenvalue weighted by molar-refractivity contribution is 0.0703. The number of aryl methyl sites for hydroxylation is 2. The highest BCUT2D eigenvalue weighted by Gasteiger charge is 2.24. The van der Waals surface area contributed by atoms with Crippen LogP contribution < -0.4 is 5.73 Å². The predicted octanol–water partition coefficient (Wildman–Crippen LogP) is 4.50. The zero-order chi connectivity index (χ0) is 14.3. The van der Waals surface area contributed by atoms with Gasteiger partial charge < -0.3 is 10.8 Å². The molecule has 0 atom stereocenters. The van der Waals surface area contributed by atoms with Crippen molar-refractivity contribution >= 4 is 34.3 Å². The third-order valence-corrected chi connectivity index (χ3v) is 5.69. The minimum atomic E-state index is -0.944. The largest absolute Gasteiger partial charge is 0.477 e. The Balaban J connectivity index is 2.68. The predicted molar refractivity (Wildman–Crippen MR) is 82.6 cm³/mol. The molecule has 19 heavy (non-hydrogen) atoms. The number of aromatic carboxylic acids is 1. The van der Waals surface area contributed by atoms with Gasteiger partial charge in [0.05, 0.1) is 10.6 Å². The van der Waals surface area contributed by atoms with E-state index < -0.39 is 5.97 Å². The molecular formula is C14H17NO2S2. The molecule has 2 aromatic heterocycles. The van der Waals surface area contributed by atoms with E-state index in [0.29, 0.717) is 5.69 Å². The van der Waals surface area contributed by atoms with Crippen LogP contribution >= 0.6 is 22.7 Å². The van der Waals surface area contributed by atoms with Crippen LogP contribution in [-0.2, 0) is 0 Å². The topological polar surface area (TPSA) is 63.3 Å². The molecule has 0 radical (unpaired) electrons. The number of nitrogens with two attached hydrogens (primary N) is 1. The van der Waals surface area contributed by atoms with Crippen molar-refractivity contribution < 1.29 is 9.90 Å². The SMILES string of the molecule is Cc1cc(-c2sc(C(=O)O)c(N)c2C(C)C)sc1C. The van der Waals surface area contributed by atoms with Crippen molar-refractivity contribution in [1.29, 1.82) is 0 Å². The van der Waals surface area contributed by atoms with Crippen molar-refractivity contribution in [2.45, 2.75) is 33.6 Å². The summed E-state index contributed by atoms with van der Waals surface area (Å²) in [7, 11) is 0. The fourth-order valence-electron chi connectivity index (χ4n) is 2.06. The summed E-state index contributed by atoms with van der Waals surface area (Å²) in [5, 5.41) is 9.23. The zero-order valence-electron chi connectivity index (χ0n) is 11.4. The van der Waals surface area contributed by atoms with Gasteiger partial charge in [-0.15, -0.1) is 22.7 Å². The Morgan fingerprint density at radius 3 is 2.37 bits per heavy atom. The fourth-order valence-corrected chi connectivity index (χ4v) is 4.42. The molecule has 2 heterocycles. The lowest BCUT2D eigenvalue weighted by Crippen LogP contribution is -2.00. The van der Waals surface area contributed by atoms with Crippen LogP contribution in [0.25, 0.3) is 9.75 Å². The van der Waals surface area contributed by atoms with Gasteiger partial charge in [0.2, 0.25) is 0 Å². The summed E-state index contributed by atoms with van der Waals surface area (Å²) in [4.78, 5) is 14.9. The second-order valence-corrected chi connectivity index (χ2v) is 7.17. The highest BCUT2D eigenvalue weighted by molar-refractivity contribution is 7.23. The molecular weight excluding hydrogens is 278 g/mol. The number of nitrogen functional groups attached to an aromatic ring is 1. The van der Waals surface area contributed by atoms with Gasteiger partial charge in [-0.25, -0.2) is 4.79 Å². The van der Waals surface area contributed by atoms with E-state index in [4.69, 9.17) is 5.73 Å². The number of anilines is 1. The van der Waals surface area contributed by atoms with Crippen molar-refractivity contribution in [3.63, 3.8) is 0 Å². The minimum Gasteiger partial charge on any atom is -0.477 e. The number of hydrogen-bond acceptors (Lipinski definition) is 4. The first-order valence-corrected chi connectivity index (χ1v) is 7.69. The number of carboxylic acids is 1. The normalized spacial score (nSPS) is 11.2. The maximum Gasteiger partial charge on any atom is 0.348 e. The van der Waals surface area contributed by atoms with Gasteiger partial charge in [0.1, 0.15) is 4.88 Å². The van der Waals surface area contributed by atoms with E-state index in [-0.39, 0.29) is 10.8 Å². The van der Waals surface area contributed by atoms with E-state index in [2.05, 4.69) is 19.9 Å². The highest BCUT2D eigenvalue weighted by atomic mass is 32.1. The van der Waals surface area contributed by atoms with Crippen LogP contribution in [0.3, 0.4) is 0 Å². The average Bonchev–Trinajstić information content (AvgIpc) is 2.80. The standard InChI is InChI=1S/C14H17NO2S2/c1-6(2)10-11(15)13(14(16)17)19-12(10)9-5-7(3)8(4)18-9/h5-6H,15H2,1-4H3,(H,16,17). The van der Waals surface area contributed by atoms with Crippen LogP contribution in [0.4, 0.5) is 5.69 Å². The van der Waals surface area contributed by atoms with E-state index in [0.717, 1.165) is 15.3 Å². The molecule has 102 valence electrons. The van der Waals surface area contributed by atoms with Crippen LogP contribution in [0.2, 0.25) is 0 Å². The number of carbonyl (C=O) groups is 1. The molecule has 3 N–H and O–H groups in total. The molecule has 3 nitrogen and oxygen atoms in total. The molecule has 0 aliphatic heterocycles. The second kappa shape index (κ2) is 4.98. The first-order chi connectivity index (χ1) is 8.82. The summed E-state index contributed by atoms with van der Waals surface area (Å²) in [5.74, 6) is -0.734. The minimum absolute atomic E-state index is 0.210. The Kier molecular flexibility index (Phi) is 3.69. The van der Waals surface area contributed by atoms with Crippen LogP contribution in [-0.4, -0.2) is 11.1 Å². The Hall–Kier alpha value is -1.33. The van der Waals surface area contributed by atoms with E-state index in [1.807, 2.05) is 13.8 Å². The number of rotatable bonds is 3. The third kappa shape index (κ3) is 2.40. The number of hydrogen-bond donors (Lipinski definition) is 2. The number of carboxylic acid groups (broad SMARTS) is 1. The van der Waals surface area contributed by atoms with Crippen molar-refractivity contribution in [2.24, 2.45) is 0 Å². The molecule has 0 unspecified atom stereocenters. The second-order valence-electron chi connectivity index (χ2n) is 4.90. The molecule has 0 aromatic carbocycles. The summed E-state index contributed by atoms with van der Waals surface area (Å²) in [6.45, 7) is 8.23. The molecule has 0 bridgehead atoms. The van der Waals surface area contributed by atoms with Crippen LogP contribution in [0, 0.1) is 13.8 Å². The van der Waals surface area contributed by atoms with Gasteiger partial charge in [-0.05, 0) is 37.0 Å². The summed E-state index contributed by atoms with van der Waals surface area (Å²) < 4.78 is 0.